The first kappa shape index (κ1) is 18.2. The Bertz CT molecular complexity index is 854. The van der Waals surface area contributed by atoms with Gasteiger partial charge in [0.05, 0.1) is 10.5 Å². The van der Waals surface area contributed by atoms with Gasteiger partial charge in [0.15, 0.2) is 6.61 Å². The molecule has 0 spiro atoms. The van der Waals surface area contributed by atoms with Gasteiger partial charge in [-0.1, -0.05) is 17.7 Å². The molecule has 9 heteroatoms. The lowest BCUT2D eigenvalue weighted by Crippen LogP contribution is -2.21. The van der Waals surface area contributed by atoms with Crippen LogP contribution in [0.2, 0.25) is 5.02 Å². The van der Waals surface area contributed by atoms with Crippen LogP contribution >= 0.6 is 11.6 Å². The number of nitrogens with two attached hydrogens (primary N) is 1. The second-order valence-electron chi connectivity index (χ2n) is 5.07. The van der Waals surface area contributed by atoms with Gasteiger partial charge >= 0.3 is 5.97 Å². The number of nitro groups is 1. The van der Waals surface area contributed by atoms with Crippen molar-refractivity contribution in [2.24, 2.45) is 0 Å². The van der Waals surface area contributed by atoms with E-state index in [0.29, 0.717) is 16.3 Å². The molecule has 0 atom stereocenters. The lowest BCUT2D eigenvalue weighted by molar-refractivity contribution is -0.383. The van der Waals surface area contributed by atoms with Gasteiger partial charge in [-0.25, -0.2) is 4.79 Å². The van der Waals surface area contributed by atoms with Gasteiger partial charge in [0, 0.05) is 16.8 Å². The number of carbonyl (C=O) groups is 2. The van der Waals surface area contributed by atoms with E-state index in [1.165, 1.54) is 12.1 Å². The maximum Gasteiger partial charge on any atom is 0.338 e. The minimum absolute atomic E-state index is 0.0734. The van der Waals surface area contributed by atoms with Crippen LogP contribution in [0.25, 0.3) is 0 Å². The number of benzene rings is 2. The predicted molar refractivity (Wildman–Crippen MR) is 92.6 cm³/mol. The highest BCUT2D eigenvalue weighted by Crippen LogP contribution is 2.24. The predicted octanol–water partition coefficient (Wildman–Crippen LogP) is 2.93. The molecule has 0 aliphatic carbocycles. The Labute approximate surface area is 147 Å². The third kappa shape index (κ3) is 4.45. The first-order chi connectivity index (χ1) is 11.8. The normalized spacial score (nSPS) is 10.2. The van der Waals surface area contributed by atoms with Crippen LogP contribution < -0.4 is 11.1 Å². The van der Waals surface area contributed by atoms with Gasteiger partial charge in [-0.3, -0.25) is 14.9 Å². The molecule has 0 fully saturated rings. The highest BCUT2D eigenvalue weighted by atomic mass is 35.5. The van der Waals surface area contributed by atoms with E-state index >= 15 is 0 Å². The summed E-state index contributed by atoms with van der Waals surface area (Å²) in [5.74, 6) is -1.44. The SMILES string of the molecule is Cc1c(Cl)cccc1NC(=O)COC(=O)c1ccc(N)c([N+](=O)[O-])c1. The summed E-state index contributed by atoms with van der Waals surface area (Å²) in [6.07, 6.45) is 0. The molecule has 25 heavy (non-hydrogen) atoms. The number of esters is 1. The molecule has 0 aliphatic heterocycles. The standard InChI is InChI=1S/C16H14ClN3O5/c1-9-11(17)3-2-4-13(9)19-15(21)8-25-16(22)10-5-6-12(18)14(7-10)20(23)24/h2-7H,8,18H2,1H3,(H,19,21). The summed E-state index contributed by atoms with van der Waals surface area (Å²) in [5, 5.41) is 13.9. The van der Waals surface area contributed by atoms with Crippen molar-refractivity contribution in [3.05, 3.63) is 62.7 Å². The van der Waals surface area contributed by atoms with E-state index in [1.54, 1.807) is 25.1 Å². The number of halogens is 1. The third-order valence-corrected chi connectivity index (χ3v) is 3.75. The number of carbonyl (C=O) groups excluding carboxylic acids is 2. The topological polar surface area (TPSA) is 125 Å². The highest BCUT2D eigenvalue weighted by molar-refractivity contribution is 6.31. The molecule has 0 aromatic heterocycles. The second kappa shape index (κ2) is 7.63. The van der Waals surface area contributed by atoms with Gasteiger partial charge in [0.1, 0.15) is 5.69 Å². The molecule has 0 heterocycles. The molecule has 2 aromatic carbocycles. The van der Waals surface area contributed by atoms with Crippen molar-refractivity contribution in [2.75, 3.05) is 17.7 Å². The molecule has 0 aliphatic rings. The van der Waals surface area contributed by atoms with Crippen LogP contribution in [-0.4, -0.2) is 23.4 Å². The Morgan fingerprint density at radius 2 is 2.04 bits per heavy atom. The lowest BCUT2D eigenvalue weighted by atomic mass is 10.2. The first-order valence-electron chi connectivity index (χ1n) is 7.05. The Morgan fingerprint density at radius 3 is 2.72 bits per heavy atom. The zero-order valence-electron chi connectivity index (χ0n) is 13.1. The monoisotopic (exact) mass is 363 g/mol. The Balaban J connectivity index is 2.00. The maximum absolute atomic E-state index is 11.9. The molecule has 0 saturated heterocycles. The van der Waals surface area contributed by atoms with Crippen molar-refractivity contribution < 1.29 is 19.2 Å². The molecule has 0 saturated carbocycles. The van der Waals surface area contributed by atoms with E-state index in [2.05, 4.69) is 5.32 Å². The number of rotatable bonds is 5. The van der Waals surface area contributed by atoms with Crippen LogP contribution in [0.3, 0.4) is 0 Å². The summed E-state index contributed by atoms with van der Waals surface area (Å²) in [4.78, 5) is 33.9. The van der Waals surface area contributed by atoms with E-state index in [-0.39, 0.29) is 11.3 Å². The minimum Gasteiger partial charge on any atom is -0.452 e. The fraction of sp³-hybridized carbons (Fsp3) is 0.125. The van der Waals surface area contributed by atoms with Gasteiger partial charge in [0.2, 0.25) is 0 Å². The van der Waals surface area contributed by atoms with Crippen LogP contribution in [0, 0.1) is 17.0 Å². The minimum atomic E-state index is -0.874. The van der Waals surface area contributed by atoms with Gasteiger partial charge in [-0.15, -0.1) is 0 Å². The summed E-state index contributed by atoms with van der Waals surface area (Å²) in [7, 11) is 0. The van der Waals surface area contributed by atoms with Crippen molar-refractivity contribution >= 4 is 40.5 Å². The molecule has 0 radical (unpaired) electrons. The summed E-state index contributed by atoms with van der Waals surface area (Å²) >= 11 is 5.96. The Kier molecular flexibility index (Phi) is 5.56. The molecule has 1 amide bonds. The number of nitro benzene ring substituents is 1. The maximum atomic E-state index is 11.9. The quantitative estimate of drug-likeness (QED) is 0.364. The van der Waals surface area contributed by atoms with Gasteiger partial charge < -0.3 is 15.8 Å². The number of ether oxygens (including phenoxy) is 1. The summed E-state index contributed by atoms with van der Waals surface area (Å²) in [6.45, 7) is 1.18. The number of hydrogen-bond acceptors (Lipinski definition) is 6. The number of anilines is 2. The fourth-order valence-electron chi connectivity index (χ4n) is 1.97. The van der Waals surface area contributed by atoms with E-state index in [0.717, 1.165) is 6.07 Å². The van der Waals surface area contributed by atoms with Crippen LogP contribution in [0.5, 0.6) is 0 Å². The van der Waals surface area contributed by atoms with Gasteiger partial charge in [-0.05, 0) is 36.8 Å². The van der Waals surface area contributed by atoms with E-state index in [1.807, 2.05) is 0 Å². The van der Waals surface area contributed by atoms with E-state index < -0.39 is 29.1 Å². The molecule has 3 N–H and O–H groups in total. The van der Waals surface area contributed by atoms with Crippen molar-refractivity contribution in [2.45, 2.75) is 6.92 Å². The molecule has 2 rings (SSSR count). The number of amides is 1. The van der Waals surface area contributed by atoms with E-state index in [9.17, 15) is 19.7 Å². The average Bonchev–Trinajstić information content (AvgIpc) is 2.57. The van der Waals surface area contributed by atoms with Crippen LogP contribution in [0.4, 0.5) is 17.1 Å². The zero-order valence-corrected chi connectivity index (χ0v) is 13.9. The van der Waals surface area contributed by atoms with Gasteiger partial charge in [-0.2, -0.15) is 0 Å². The van der Waals surface area contributed by atoms with E-state index in [4.69, 9.17) is 22.1 Å². The smallest absolute Gasteiger partial charge is 0.338 e. The number of nitrogens with one attached hydrogen (secondary N) is 1. The van der Waals surface area contributed by atoms with Crippen LogP contribution in [-0.2, 0) is 9.53 Å². The summed E-state index contributed by atoms with van der Waals surface area (Å²) in [5.41, 5.74) is 6.07. The molecule has 0 unspecified atom stereocenters. The van der Waals surface area contributed by atoms with Gasteiger partial charge in [0.25, 0.3) is 11.6 Å². The fourth-order valence-corrected chi connectivity index (χ4v) is 2.15. The molecule has 8 nitrogen and oxygen atoms in total. The highest BCUT2D eigenvalue weighted by Gasteiger charge is 2.17. The number of hydrogen-bond donors (Lipinski definition) is 2. The van der Waals surface area contributed by atoms with Crippen molar-refractivity contribution in [1.29, 1.82) is 0 Å². The van der Waals surface area contributed by atoms with Crippen LogP contribution in [0.1, 0.15) is 15.9 Å². The van der Waals surface area contributed by atoms with Crippen molar-refractivity contribution in [1.82, 2.24) is 0 Å². The molecule has 0 bridgehead atoms. The third-order valence-electron chi connectivity index (χ3n) is 3.34. The lowest BCUT2D eigenvalue weighted by Gasteiger charge is -2.10. The summed E-state index contributed by atoms with van der Waals surface area (Å²) < 4.78 is 4.86. The Hall–Kier alpha value is -3.13. The van der Waals surface area contributed by atoms with Crippen molar-refractivity contribution in [3.8, 4) is 0 Å². The zero-order chi connectivity index (χ0) is 18.6. The second-order valence-corrected chi connectivity index (χ2v) is 5.47. The Morgan fingerprint density at radius 1 is 1.32 bits per heavy atom. The summed E-state index contributed by atoms with van der Waals surface area (Å²) in [6, 6.07) is 8.51. The molecular formula is C16H14ClN3O5. The molecule has 2 aromatic rings. The molecule has 130 valence electrons. The van der Waals surface area contributed by atoms with Crippen LogP contribution in [0.15, 0.2) is 36.4 Å². The molecular weight excluding hydrogens is 350 g/mol. The van der Waals surface area contributed by atoms with Crippen molar-refractivity contribution in [3.63, 3.8) is 0 Å². The largest absolute Gasteiger partial charge is 0.452 e. The number of nitrogen functional groups attached to an aromatic ring is 1. The number of nitrogens with zero attached hydrogens (tertiary/aromatic N) is 1. The average molecular weight is 364 g/mol. The first-order valence-corrected chi connectivity index (χ1v) is 7.43.